The summed E-state index contributed by atoms with van der Waals surface area (Å²) < 4.78 is 9.11. The quantitative estimate of drug-likeness (QED) is 0.163. The van der Waals surface area contributed by atoms with Gasteiger partial charge in [-0.25, -0.2) is 0 Å². The van der Waals surface area contributed by atoms with Gasteiger partial charge >= 0.3 is 0 Å². The Kier molecular flexibility index (Phi) is 7.72. The van der Waals surface area contributed by atoms with Crippen LogP contribution < -0.4 is 16.0 Å². The van der Waals surface area contributed by atoms with Crippen LogP contribution in [0.15, 0.2) is 196 Å². The number of aromatic nitrogens is 1. The highest BCUT2D eigenvalue weighted by Gasteiger charge is 2.43. The standard InChI is InChI=1S/C52H40N4OS/c1-52-29-28-35(51-54-49(32-14-4-2-5-15-32)53-50(55-51)33-16-6-3-7-17-33)31-46(52)58-48-36(20-12-21-40(48)52)34-26-27-39-45(30-34)57-44-25-13-24-43(47(39)44)56-41-22-10-8-18-37(41)38-19-9-11-23-42(38)56/h2-28,30-31,49-51,53-55H,29H2,1H3. The molecular weight excluding hydrogens is 729 g/mol. The first-order chi connectivity index (χ1) is 28.6. The number of para-hydroxylation sites is 2. The molecule has 3 N–H and O–H groups in total. The van der Waals surface area contributed by atoms with Crippen molar-refractivity contribution in [1.82, 2.24) is 20.5 Å². The van der Waals surface area contributed by atoms with E-state index in [-0.39, 0.29) is 23.9 Å². The van der Waals surface area contributed by atoms with E-state index in [4.69, 9.17) is 4.42 Å². The van der Waals surface area contributed by atoms with Crippen LogP contribution in [0.1, 0.15) is 42.4 Å². The van der Waals surface area contributed by atoms with Gasteiger partial charge in [-0.3, -0.25) is 16.0 Å². The van der Waals surface area contributed by atoms with E-state index in [0.29, 0.717) is 0 Å². The van der Waals surface area contributed by atoms with Crippen LogP contribution in [0.4, 0.5) is 0 Å². The highest BCUT2D eigenvalue weighted by Crippen LogP contribution is 2.59. The van der Waals surface area contributed by atoms with Gasteiger partial charge in [-0.05, 0) is 82.3 Å². The molecule has 280 valence electrons. The maximum absolute atomic E-state index is 6.71. The molecule has 5 nitrogen and oxygen atoms in total. The fourth-order valence-corrected chi connectivity index (χ4v) is 11.2. The summed E-state index contributed by atoms with van der Waals surface area (Å²) in [5, 5.41) is 16.4. The lowest BCUT2D eigenvalue weighted by Crippen LogP contribution is -2.59. The van der Waals surface area contributed by atoms with Crippen molar-refractivity contribution in [3.05, 3.63) is 203 Å². The number of thioether (sulfide) groups is 1. The van der Waals surface area contributed by atoms with Gasteiger partial charge in [-0.2, -0.15) is 0 Å². The maximum Gasteiger partial charge on any atom is 0.137 e. The van der Waals surface area contributed by atoms with Crippen LogP contribution in [0, 0.1) is 0 Å². The molecule has 6 heteroatoms. The molecule has 3 unspecified atom stereocenters. The predicted octanol–water partition coefficient (Wildman–Crippen LogP) is 12.4. The van der Waals surface area contributed by atoms with Gasteiger partial charge in [-0.15, -0.1) is 0 Å². The Labute approximate surface area is 341 Å². The third-order valence-electron chi connectivity index (χ3n) is 12.6. The summed E-state index contributed by atoms with van der Waals surface area (Å²) in [7, 11) is 0. The molecule has 1 saturated heterocycles. The molecule has 3 atom stereocenters. The van der Waals surface area contributed by atoms with Crippen LogP contribution in [0.5, 0.6) is 0 Å². The minimum Gasteiger partial charge on any atom is -0.456 e. The summed E-state index contributed by atoms with van der Waals surface area (Å²) in [5.74, 6) is 0. The number of fused-ring (bicyclic) bond motifs is 9. The summed E-state index contributed by atoms with van der Waals surface area (Å²) in [4.78, 5) is 2.73. The zero-order chi connectivity index (χ0) is 38.4. The summed E-state index contributed by atoms with van der Waals surface area (Å²) in [5.41, 5.74) is 12.8. The number of allylic oxidation sites excluding steroid dienone is 2. The summed E-state index contributed by atoms with van der Waals surface area (Å²) >= 11 is 1.93. The topological polar surface area (TPSA) is 54.2 Å². The van der Waals surface area contributed by atoms with Gasteiger partial charge < -0.3 is 8.98 Å². The van der Waals surface area contributed by atoms with Crippen LogP contribution in [-0.2, 0) is 5.41 Å². The monoisotopic (exact) mass is 768 g/mol. The van der Waals surface area contributed by atoms with Gasteiger partial charge in [-0.1, -0.05) is 152 Å². The van der Waals surface area contributed by atoms with Crippen LogP contribution >= 0.6 is 11.8 Å². The SMILES string of the molecule is CC12CC=C(C3NC(c4ccccc4)NC(c4ccccc4)N3)C=C1Sc1c(-c3ccc4c(c3)oc3cccc(-n5c6ccccc6c6ccccc65)c34)cccc12. The molecule has 0 spiro atoms. The number of rotatable bonds is 5. The molecule has 2 aliphatic heterocycles. The molecule has 0 radical (unpaired) electrons. The third kappa shape index (κ3) is 5.23. The Morgan fingerprint density at radius 2 is 1.24 bits per heavy atom. The number of benzene rings is 7. The Morgan fingerprint density at radius 3 is 1.95 bits per heavy atom. The second kappa shape index (κ2) is 13.2. The fraction of sp³-hybridized carbons (Fsp3) is 0.115. The van der Waals surface area contributed by atoms with Crippen molar-refractivity contribution in [1.29, 1.82) is 0 Å². The number of nitrogens with zero attached hydrogens (tertiary/aromatic N) is 1. The van der Waals surface area contributed by atoms with Gasteiger partial charge in [0, 0.05) is 31.4 Å². The van der Waals surface area contributed by atoms with Crippen LogP contribution in [0.25, 0.3) is 60.6 Å². The summed E-state index contributed by atoms with van der Waals surface area (Å²) in [6.07, 6.45) is 5.79. The zero-order valence-corrected chi connectivity index (χ0v) is 32.8. The molecular formula is C52H40N4OS. The zero-order valence-electron chi connectivity index (χ0n) is 31.9. The lowest BCUT2D eigenvalue weighted by molar-refractivity contribution is 0.223. The second-order valence-corrected chi connectivity index (χ2v) is 17.0. The first-order valence-corrected chi connectivity index (χ1v) is 21.0. The van der Waals surface area contributed by atoms with Crippen molar-refractivity contribution in [3.8, 4) is 16.8 Å². The molecule has 4 heterocycles. The van der Waals surface area contributed by atoms with Gasteiger partial charge in [0.25, 0.3) is 0 Å². The number of hydrogen-bond donors (Lipinski definition) is 3. The first kappa shape index (κ1) is 33.9. The Balaban J connectivity index is 0.905. The third-order valence-corrected chi connectivity index (χ3v) is 14.0. The van der Waals surface area contributed by atoms with E-state index in [1.54, 1.807) is 0 Å². The van der Waals surface area contributed by atoms with E-state index in [1.165, 1.54) is 65.0 Å². The highest BCUT2D eigenvalue weighted by atomic mass is 32.2. The maximum atomic E-state index is 6.71. The minimum atomic E-state index is -0.0925. The van der Waals surface area contributed by atoms with E-state index in [1.807, 2.05) is 11.8 Å². The van der Waals surface area contributed by atoms with Crippen molar-refractivity contribution in [2.45, 2.75) is 42.2 Å². The molecule has 3 aliphatic rings. The molecule has 1 fully saturated rings. The molecule has 9 aromatic rings. The van der Waals surface area contributed by atoms with Crippen LogP contribution in [-0.4, -0.2) is 10.7 Å². The van der Waals surface area contributed by atoms with Crippen LogP contribution in [0.2, 0.25) is 0 Å². The first-order valence-electron chi connectivity index (χ1n) is 20.2. The average Bonchev–Trinajstić information content (AvgIpc) is 3.93. The Hall–Kier alpha value is -6.15. The van der Waals surface area contributed by atoms with E-state index in [9.17, 15) is 0 Å². The van der Waals surface area contributed by atoms with E-state index in [2.05, 4.69) is 203 Å². The predicted molar refractivity (Wildman–Crippen MR) is 239 cm³/mol. The van der Waals surface area contributed by atoms with Crippen molar-refractivity contribution in [2.24, 2.45) is 0 Å². The minimum absolute atomic E-state index is 0.00323. The van der Waals surface area contributed by atoms with Crippen LogP contribution in [0.3, 0.4) is 0 Å². The Bertz CT molecular complexity index is 3040. The molecule has 1 aliphatic carbocycles. The normalized spacial score (nSPS) is 21.6. The lowest BCUT2D eigenvalue weighted by atomic mass is 9.75. The number of nitrogens with one attached hydrogen (secondary N) is 3. The van der Waals surface area contributed by atoms with E-state index in [0.717, 1.165) is 34.0 Å². The van der Waals surface area contributed by atoms with Crippen molar-refractivity contribution in [2.75, 3.05) is 0 Å². The smallest absolute Gasteiger partial charge is 0.137 e. The molecule has 58 heavy (non-hydrogen) atoms. The Morgan fingerprint density at radius 1 is 0.603 bits per heavy atom. The van der Waals surface area contributed by atoms with Crippen molar-refractivity contribution >= 4 is 55.5 Å². The molecule has 12 rings (SSSR count). The average molecular weight is 769 g/mol. The largest absolute Gasteiger partial charge is 0.456 e. The molecule has 2 aromatic heterocycles. The summed E-state index contributed by atoms with van der Waals surface area (Å²) in [6, 6.07) is 58.8. The van der Waals surface area contributed by atoms with E-state index >= 15 is 0 Å². The van der Waals surface area contributed by atoms with Crippen molar-refractivity contribution in [3.63, 3.8) is 0 Å². The summed E-state index contributed by atoms with van der Waals surface area (Å²) in [6.45, 7) is 2.41. The van der Waals surface area contributed by atoms with Gasteiger partial charge in [0.05, 0.1) is 40.6 Å². The fourth-order valence-electron chi connectivity index (χ4n) is 9.65. The van der Waals surface area contributed by atoms with Gasteiger partial charge in [0.15, 0.2) is 0 Å². The second-order valence-electron chi connectivity index (χ2n) is 16.0. The number of furan rings is 1. The number of hydrogen-bond acceptors (Lipinski definition) is 5. The molecule has 0 saturated carbocycles. The molecule has 0 bridgehead atoms. The van der Waals surface area contributed by atoms with E-state index < -0.39 is 0 Å². The van der Waals surface area contributed by atoms with Gasteiger partial charge in [0.1, 0.15) is 11.2 Å². The molecule has 0 amide bonds. The lowest BCUT2D eigenvalue weighted by Gasteiger charge is -2.41. The molecule has 7 aromatic carbocycles. The van der Waals surface area contributed by atoms with Gasteiger partial charge in [0.2, 0.25) is 0 Å². The van der Waals surface area contributed by atoms with Crippen molar-refractivity contribution < 1.29 is 4.42 Å². The highest BCUT2D eigenvalue weighted by molar-refractivity contribution is 8.03.